The second kappa shape index (κ2) is 7.77. The van der Waals surface area contributed by atoms with Crippen LogP contribution < -0.4 is 5.32 Å². The van der Waals surface area contributed by atoms with Crippen molar-refractivity contribution in [3.63, 3.8) is 0 Å². The van der Waals surface area contributed by atoms with E-state index in [-0.39, 0.29) is 18.9 Å². The monoisotopic (exact) mass is 342 g/mol. The summed E-state index contributed by atoms with van der Waals surface area (Å²) in [5.74, 6) is -0.763. The van der Waals surface area contributed by atoms with Crippen LogP contribution >= 0.6 is 11.3 Å². The molecule has 0 spiro atoms. The number of hydrogen-bond donors (Lipinski definition) is 2. The molecule has 2 N–H and O–H groups in total. The molecule has 1 amide bonds. The molecular weight excluding hydrogens is 316 g/mol. The number of ether oxygens (including phenoxy) is 1. The highest BCUT2D eigenvalue weighted by atomic mass is 32.1. The number of alkyl carbamates (subject to hydrolysis) is 1. The summed E-state index contributed by atoms with van der Waals surface area (Å²) >= 11 is 1.43. The fraction of sp³-hybridized carbons (Fsp3) is 0.688. The van der Waals surface area contributed by atoms with Crippen LogP contribution in [0.1, 0.15) is 46.7 Å². The lowest BCUT2D eigenvalue weighted by Gasteiger charge is -2.31. The molecule has 0 saturated heterocycles. The Labute approximate surface area is 141 Å². The Balaban J connectivity index is 2.89. The second-order valence-corrected chi connectivity index (χ2v) is 7.91. The first-order valence-corrected chi connectivity index (χ1v) is 8.56. The Morgan fingerprint density at radius 3 is 2.48 bits per heavy atom. The van der Waals surface area contributed by atoms with Gasteiger partial charge in [0.1, 0.15) is 5.60 Å². The molecular formula is C16H26N2O4S. The molecule has 1 aromatic heterocycles. The second-order valence-electron chi connectivity index (χ2n) is 7.20. The summed E-state index contributed by atoms with van der Waals surface area (Å²) in [4.78, 5) is 28.0. The molecule has 0 fully saturated rings. The number of thiazole rings is 1. The van der Waals surface area contributed by atoms with E-state index in [4.69, 9.17) is 4.74 Å². The molecule has 0 aliphatic rings. The highest BCUT2D eigenvalue weighted by molar-refractivity contribution is 7.07. The molecule has 0 aromatic carbocycles. The van der Waals surface area contributed by atoms with Gasteiger partial charge in [0.25, 0.3) is 0 Å². The molecule has 130 valence electrons. The molecule has 7 heteroatoms. The number of carboxylic acids is 1. The Kier molecular flexibility index (Phi) is 6.56. The van der Waals surface area contributed by atoms with E-state index in [9.17, 15) is 14.7 Å². The number of carboxylic acid groups (broad SMARTS) is 1. The average molecular weight is 342 g/mol. The largest absolute Gasteiger partial charge is 0.481 e. The number of carbonyl (C=O) groups is 2. The smallest absolute Gasteiger partial charge is 0.407 e. The van der Waals surface area contributed by atoms with Gasteiger partial charge in [-0.25, -0.2) is 9.78 Å². The Hall–Kier alpha value is -1.63. The lowest BCUT2D eigenvalue weighted by molar-refractivity contribution is -0.149. The normalized spacial score (nSPS) is 14.3. The highest BCUT2D eigenvalue weighted by Gasteiger charge is 2.40. The van der Waals surface area contributed by atoms with Crippen LogP contribution in [-0.2, 0) is 16.0 Å². The van der Waals surface area contributed by atoms with Crippen LogP contribution in [0.25, 0.3) is 0 Å². The number of aromatic nitrogens is 1. The van der Waals surface area contributed by atoms with Crippen LogP contribution in [0.3, 0.4) is 0 Å². The van der Waals surface area contributed by atoms with Gasteiger partial charge < -0.3 is 15.2 Å². The van der Waals surface area contributed by atoms with Gasteiger partial charge in [0, 0.05) is 18.3 Å². The molecule has 0 saturated carbocycles. The minimum absolute atomic E-state index is 0.00690. The number of carbonyl (C=O) groups excluding carboxylic acids is 1. The standard InChI is InChI=1S/C16H26N2O4S/c1-11(2)6-16(13(19)20,7-12-8-23-10-18-12)9-17-14(21)22-15(3,4)5/h8,10-11H,6-7,9H2,1-5H3,(H,17,21)(H,19,20). The quantitative estimate of drug-likeness (QED) is 0.793. The topological polar surface area (TPSA) is 88.5 Å². The van der Waals surface area contributed by atoms with Gasteiger partial charge in [-0.2, -0.15) is 0 Å². The lowest BCUT2D eigenvalue weighted by atomic mass is 9.76. The van der Waals surface area contributed by atoms with Gasteiger partial charge in [0.05, 0.1) is 16.6 Å². The Morgan fingerprint density at radius 2 is 2.04 bits per heavy atom. The molecule has 1 aromatic rings. The number of aliphatic carboxylic acids is 1. The van der Waals surface area contributed by atoms with Crippen molar-refractivity contribution < 1.29 is 19.4 Å². The van der Waals surface area contributed by atoms with Crippen molar-refractivity contribution in [1.29, 1.82) is 0 Å². The number of nitrogens with one attached hydrogen (secondary N) is 1. The molecule has 0 radical (unpaired) electrons. The zero-order valence-electron chi connectivity index (χ0n) is 14.4. The highest BCUT2D eigenvalue weighted by Crippen LogP contribution is 2.31. The predicted molar refractivity (Wildman–Crippen MR) is 89.6 cm³/mol. The zero-order valence-corrected chi connectivity index (χ0v) is 15.2. The fourth-order valence-electron chi connectivity index (χ4n) is 2.45. The van der Waals surface area contributed by atoms with Crippen molar-refractivity contribution in [3.8, 4) is 0 Å². The zero-order chi connectivity index (χ0) is 17.7. The average Bonchev–Trinajstić information content (AvgIpc) is 2.85. The summed E-state index contributed by atoms with van der Waals surface area (Å²) < 4.78 is 5.20. The van der Waals surface area contributed by atoms with E-state index in [2.05, 4.69) is 10.3 Å². The summed E-state index contributed by atoms with van der Waals surface area (Å²) in [6.45, 7) is 9.23. The maximum atomic E-state index is 12.0. The van der Waals surface area contributed by atoms with E-state index >= 15 is 0 Å². The molecule has 1 rings (SSSR count). The van der Waals surface area contributed by atoms with Crippen molar-refractivity contribution in [2.75, 3.05) is 6.54 Å². The first kappa shape index (κ1) is 19.4. The van der Waals surface area contributed by atoms with Crippen LogP contribution in [-0.4, -0.2) is 34.3 Å². The molecule has 6 nitrogen and oxygen atoms in total. The van der Waals surface area contributed by atoms with E-state index < -0.39 is 23.1 Å². The number of amides is 1. The fourth-order valence-corrected chi connectivity index (χ4v) is 3.01. The van der Waals surface area contributed by atoms with Gasteiger partial charge in [-0.3, -0.25) is 4.79 Å². The molecule has 23 heavy (non-hydrogen) atoms. The van der Waals surface area contributed by atoms with Gasteiger partial charge in [0.15, 0.2) is 0 Å². The van der Waals surface area contributed by atoms with Crippen molar-refractivity contribution in [2.24, 2.45) is 11.3 Å². The van der Waals surface area contributed by atoms with E-state index in [1.165, 1.54) is 11.3 Å². The van der Waals surface area contributed by atoms with Crippen LogP contribution in [0.15, 0.2) is 10.9 Å². The van der Waals surface area contributed by atoms with Crippen LogP contribution in [0, 0.1) is 11.3 Å². The van der Waals surface area contributed by atoms with Crippen molar-refractivity contribution in [3.05, 3.63) is 16.6 Å². The molecule has 0 aliphatic carbocycles. The van der Waals surface area contributed by atoms with E-state index in [0.717, 1.165) is 5.69 Å². The van der Waals surface area contributed by atoms with Crippen molar-refractivity contribution >= 4 is 23.4 Å². The van der Waals surface area contributed by atoms with E-state index in [0.29, 0.717) is 6.42 Å². The van der Waals surface area contributed by atoms with Crippen LogP contribution in [0.4, 0.5) is 4.79 Å². The summed E-state index contributed by atoms with van der Waals surface area (Å²) in [5, 5.41) is 14.3. The summed E-state index contributed by atoms with van der Waals surface area (Å²) in [5.41, 5.74) is 0.685. The molecule has 0 bridgehead atoms. The summed E-state index contributed by atoms with van der Waals surface area (Å²) in [6.07, 6.45) is 0.111. The van der Waals surface area contributed by atoms with Gasteiger partial charge in [-0.1, -0.05) is 13.8 Å². The molecule has 0 aliphatic heterocycles. The minimum atomic E-state index is -1.10. The third kappa shape index (κ3) is 6.56. The SMILES string of the molecule is CC(C)CC(CNC(=O)OC(C)(C)C)(Cc1cscn1)C(=O)O. The van der Waals surface area contributed by atoms with Gasteiger partial charge in [0.2, 0.25) is 0 Å². The van der Waals surface area contributed by atoms with Crippen LogP contribution in [0.5, 0.6) is 0 Å². The van der Waals surface area contributed by atoms with Gasteiger partial charge in [-0.05, 0) is 33.1 Å². The first-order chi connectivity index (χ1) is 10.5. The number of rotatable bonds is 7. The van der Waals surface area contributed by atoms with E-state index in [1.807, 2.05) is 19.2 Å². The number of nitrogens with zero attached hydrogens (tertiary/aromatic N) is 1. The lowest BCUT2D eigenvalue weighted by Crippen LogP contribution is -2.46. The minimum Gasteiger partial charge on any atom is -0.481 e. The predicted octanol–water partition coefficient (Wildman–Crippen LogP) is 3.33. The molecule has 1 unspecified atom stereocenters. The Bertz CT molecular complexity index is 523. The third-order valence-electron chi connectivity index (χ3n) is 3.23. The van der Waals surface area contributed by atoms with Gasteiger partial charge in [-0.15, -0.1) is 11.3 Å². The summed E-state index contributed by atoms with van der Waals surface area (Å²) in [6, 6.07) is 0. The Morgan fingerprint density at radius 1 is 1.39 bits per heavy atom. The van der Waals surface area contributed by atoms with Crippen LogP contribution in [0.2, 0.25) is 0 Å². The van der Waals surface area contributed by atoms with E-state index in [1.54, 1.807) is 26.3 Å². The summed E-state index contributed by atoms with van der Waals surface area (Å²) in [7, 11) is 0. The van der Waals surface area contributed by atoms with Gasteiger partial charge >= 0.3 is 12.1 Å². The maximum Gasteiger partial charge on any atom is 0.407 e. The number of hydrogen-bond acceptors (Lipinski definition) is 5. The van der Waals surface area contributed by atoms with Crippen molar-refractivity contribution in [1.82, 2.24) is 10.3 Å². The molecule has 1 heterocycles. The first-order valence-electron chi connectivity index (χ1n) is 7.61. The molecule has 1 atom stereocenters. The maximum absolute atomic E-state index is 12.0. The third-order valence-corrected chi connectivity index (χ3v) is 3.86. The van der Waals surface area contributed by atoms with Crippen molar-refractivity contribution in [2.45, 2.75) is 53.1 Å².